The van der Waals surface area contributed by atoms with Gasteiger partial charge in [0.1, 0.15) is 30.5 Å². The Balaban J connectivity index is 2.10. The number of benzene rings is 1. The van der Waals surface area contributed by atoms with Gasteiger partial charge in [-0.3, -0.25) is 0 Å². The van der Waals surface area contributed by atoms with Crippen molar-refractivity contribution < 1.29 is 54.3 Å². The lowest BCUT2D eigenvalue weighted by molar-refractivity contribution is -0.304. The molecular formula is C20H32O11. The van der Waals surface area contributed by atoms with E-state index in [1.54, 1.807) is 12.1 Å². The summed E-state index contributed by atoms with van der Waals surface area (Å²) in [5.41, 5.74) is 0.869. The van der Waals surface area contributed by atoms with Crippen LogP contribution in [0.4, 0.5) is 0 Å². The maximum atomic E-state index is 10.1. The standard InChI is InChI=1S/C20H32O11/c1-27-13-6-11(4-3-5-21)7-14(28-2)19(13)30-12(8-22)10-29-20-18(26)17(25)16(24)15(9-23)31-20/h6-7,12,15-18,20-26H,3-5,8-10H2,1-2H3/t12-,15-,16-,17+,18-,20-/m1/s1. The second-order valence-corrected chi connectivity index (χ2v) is 7.11. The van der Waals surface area contributed by atoms with Gasteiger partial charge in [0.2, 0.25) is 5.75 Å². The molecule has 11 heteroatoms. The summed E-state index contributed by atoms with van der Waals surface area (Å²) in [7, 11) is 2.91. The van der Waals surface area contributed by atoms with Gasteiger partial charge in [-0.1, -0.05) is 0 Å². The summed E-state index contributed by atoms with van der Waals surface area (Å²) in [6.07, 6.45) is -6.84. The molecule has 11 nitrogen and oxygen atoms in total. The van der Waals surface area contributed by atoms with E-state index in [0.717, 1.165) is 5.56 Å². The van der Waals surface area contributed by atoms with Crippen molar-refractivity contribution in [3.8, 4) is 17.2 Å². The Morgan fingerprint density at radius 1 is 0.968 bits per heavy atom. The summed E-state index contributed by atoms with van der Waals surface area (Å²) in [5, 5.41) is 57.8. The molecule has 1 aliphatic heterocycles. The molecule has 0 bridgehead atoms. The molecule has 0 aliphatic carbocycles. The normalized spacial score (nSPS) is 27.0. The third-order valence-electron chi connectivity index (χ3n) is 4.93. The molecule has 6 atom stereocenters. The Morgan fingerprint density at radius 2 is 1.61 bits per heavy atom. The number of aliphatic hydroxyl groups is 6. The van der Waals surface area contributed by atoms with Crippen LogP contribution in [0.25, 0.3) is 0 Å². The van der Waals surface area contributed by atoms with Crippen molar-refractivity contribution in [1.29, 1.82) is 0 Å². The van der Waals surface area contributed by atoms with Crippen LogP contribution in [0.5, 0.6) is 17.2 Å². The lowest BCUT2D eigenvalue weighted by Gasteiger charge is -2.39. The first-order valence-corrected chi connectivity index (χ1v) is 9.95. The zero-order chi connectivity index (χ0) is 23.0. The fraction of sp³-hybridized carbons (Fsp3) is 0.700. The Kier molecular flexibility index (Phi) is 10.2. The van der Waals surface area contributed by atoms with Gasteiger partial charge in [0.05, 0.1) is 34.0 Å². The van der Waals surface area contributed by atoms with Gasteiger partial charge in [-0.15, -0.1) is 0 Å². The zero-order valence-corrected chi connectivity index (χ0v) is 17.6. The summed E-state index contributed by atoms with van der Waals surface area (Å²) in [5.74, 6) is 0.950. The van der Waals surface area contributed by atoms with Crippen LogP contribution < -0.4 is 14.2 Å². The second kappa shape index (κ2) is 12.4. The van der Waals surface area contributed by atoms with E-state index in [0.29, 0.717) is 24.3 Å². The van der Waals surface area contributed by atoms with E-state index in [4.69, 9.17) is 28.8 Å². The number of aliphatic hydroxyl groups excluding tert-OH is 6. The summed E-state index contributed by atoms with van der Waals surface area (Å²) >= 11 is 0. The van der Waals surface area contributed by atoms with Crippen LogP contribution in [0.1, 0.15) is 12.0 Å². The van der Waals surface area contributed by atoms with Crippen LogP contribution in [0.3, 0.4) is 0 Å². The van der Waals surface area contributed by atoms with Crippen molar-refractivity contribution in [3.05, 3.63) is 17.7 Å². The molecule has 0 aromatic heterocycles. The molecule has 0 radical (unpaired) electrons. The summed E-state index contributed by atoms with van der Waals surface area (Å²) in [6.45, 7) is -1.25. The highest BCUT2D eigenvalue weighted by molar-refractivity contribution is 5.54. The van der Waals surface area contributed by atoms with Crippen molar-refractivity contribution in [3.63, 3.8) is 0 Å². The van der Waals surface area contributed by atoms with E-state index in [1.165, 1.54) is 14.2 Å². The van der Waals surface area contributed by atoms with Gasteiger partial charge in [-0.2, -0.15) is 0 Å². The molecule has 2 rings (SSSR count). The maximum absolute atomic E-state index is 10.1. The van der Waals surface area contributed by atoms with Crippen molar-refractivity contribution in [2.45, 2.75) is 49.7 Å². The topological polar surface area (TPSA) is 168 Å². The molecule has 178 valence electrons. The molecule has 1 fully saturated rings. The molecule has 1 heterocycles. The summed E-state index contributed by atoms with van der Waals surface area (Å²) < 4.78 is 27.3. The predicted octanol–water partition coefficient (Wildman–Crippen LogP) is -1.82. The first kappa shape index (κ1) is 25.6. The Bertz CT molecular complexity index is 644. The van der Waals surface area contributed by atoms with Gasteiger partial charge < -0.3 is 54.3 Å². The Hall–Kier alpha value is -1.70. The lowest BCUT2D eigenvalue weighted by Crippen LogP contribution is -2.59. The number of hydrogen-bond acceptors (Lipinski definition) is 11. The monoisotopic (exact) mass is 448 g/mol. The minimum atomic E-state index is -1.57. The molecule has 6 N–H and O–H groups in total. The molecule has 0 spiro atoms. The van der Waals surface area contributed by atoms with Crippen LogP contribution in [-0.4, -0.2) is 108 Å². The minimum Gasteiger partial charge on any atom is -0.493 e. The second-order valence-electron chi connectivity index (χ2n) is 7.11. The van der Waals surface area contributed by atoms with Crippen molar-refractivity contribution >= 4 is 0 Å². The van der Waals surface area contributed by atoms with Crippen molar-refractivity contribution in [1.82, 2.24) is 0 Å². The number of rotatable bonds is 12. The number of aryl methyl sites for hydroxylation is 1. The van der Waals surface area contributed by atoms with Crippen molar-refractivity contribution in [2.75, 3.05) is 40.6 Å². The van der Waals surface area contributed by atoms with Crippen LogP contribution in [0, 0.1) is 0 Å². The zero-order valence-electron chi connectivity index (χ0n) is 17.6. The van der Waals surface area contributed by atoms with Gasteiger partial charge in [0.15, 0.2) is 17.8 Å². The highest BCUT2D eigenvalue weighted by atomic mass is 16.7. The molecular weight excluding hydrogens is 416 g/mol. The Morgan fingerprint density at radius 3 is 2.13 bits per heavy atom. The molecule has 1 aromatic carbocycles. The van der Waals surface area contributed by atoms with E-state index in [9.17, 15) is 25.5 Å². The molecule has 1 aliphatic rings. The summed E-state index contributed by atoms with van der Waals surface area (Å²) in [6, 6.07) is 3.47. The van der Waals surface area contributed by atoms with Gasteiger partial charge >= 0.3 is 0 Å². The molecule has 31 heavy (non-hydrogen) atoms. The van der Waals surface area contributed by atoms with E-state index in [-0.39, 0.29) is 19.0 Å². The van der Waals surface area contributed by atoms with Gasteiger partial charge in [0, 0.05) is 6.61 Å². The van der Waals surface area contributed by atoms with Crippen LogP contribution in [0.2, 0.25) is 0 Å². The van der Waals surface area contributed by atoms with Crippen molar-refractivity contribution in [2.24, 2.45) is 0 Å². The quantitative estimate of drug-likeness (QED) is 0.213. The molecule has 0 unspecified atom stereocenters. The molecule has 1 aromatic rings. The van der Waals surface area contributed by atoms with Gasteiger partial charge in [0.25, 0.3) is 0 Å². The first-order chi connectivity index (χ1) is 14.9. The SMILES string of the molecule is COc1cc(CCCO)cc(OC)c1O[C@H](CO)CO[C@@H]1O[C@H](CO)[C@@H](O)[C@H](O)[C@H]1O. The average molecular weight is 448 g/mol. The fourth-order valence-corrected chi connectivity index (χ4v) is 3.18. The highest BCUT2D eigenvalue weighted by Gasteiger charge is 2.44. The van der Waals surface area contributed by atoms with Gasteiger partial charge in [-0.25, -0.2) is 0 Å². The highest BCUT2D eigenvalue weighted by Crippen LogP contribution is 2.39. The van der Waals surface area contributed by atoms with Crippen LogP contribution in [0.15, 0.2) is 12.1 Å². The number of hydrogen-bond donors (Lipinski definition) is 6. The fourth-order valence-electron chi connectivity index (χ4n) is 3.18. The third kappa shape index (κ3) is 6.40. The predicted molar refractivity (Wildman–Crippen MR) is 106 cm³/mol. The van der Waals surface area contributed by atoms with E-state index >= 15 is 0 Å². The Labute approximate surface area is 180 Å². The summed E-state index contributed by atoms with van der Waals surface area (Å²) in [4.78, 5) is 0. The molecule has 0 amide bonds. The largest absolute Gasteiger partial charge is 0.493 e. The first-order valence-electron chi connectivity index (χ1n) is 9.95. The number of ether oxygens (including phenoxy) is 5. The minimum absolute atomic E-state index is 0.0464. The van der Waals surface area contributed by atoms with E-state index in [2.05, 4.69) is 0 Å². The lowest BCUT2D eigenvalue weighted by atomic mass is 9.99. The molecule has 0 saturated carbocycles. The van der Waals surface area contributed by atoms with E-state index < -0.39 is 50.0 Å². The smallest absolute Gasteiger partial charge is 0.203 e. The van der Waals surface area contributed by atoms with Crippen LogP contribution in [-0.2, 0) is 15.9 Å². The average Bonchev–Trinajstić information content (AvgIpc) is 2.79. The third-order valence-corrected chi connectivity index (χ3v) is 4.93. The maximum Gasteiger partial charge on any atom is 0.203 e. The van der Waals surface area contributed by atoms with E-state index in [1.807, 2.05) is 0 Å². The van der Waals surface area contributed by atoms with Gasteiger partial charge in [-0.05, 0) is 30.5 Å². The molecule has 1 saturated heterocycles. The number of methoxy groups -OCH3 is 2. The van der Waals surface area contributed by atoms with Crippen LogP contribution >= 0.6 is 0 Å².